The second-order valence-electron chi connectivity index (χ2n) is 4.27. The highest BCUT2D eigenvalue weighted by atomic mass is 35.5. The first-order valence-corrected chi connectivity index (χ1v) is 6.36. The first-order chi connectivity index (χ1) is 8.84. The SMILES string of the molecule is Cc1ccc2c(c1)c(O)c(C(=O)C(Cl)Cl)c(=O)n2C. The van der Waals surface area contributed by atoms with E-state index in [0.717, 1.165) is 5.56 Å². The van der Waals surface area contributed by atoms with Crippen LogP contribution < -0.4 is 5.56 Å². The number of halogens is 2. The maximum absolute atomic E-state index is 12.1. The Hall–Kier alpha value is -1.52. The van der Waals surface area contributed by atoms with Crippen molar-refractivity contribution in [2.75, 3.05) is 0 Å². The van der Waals surface area contributed by atoms with Crippen molar-refractivity contribution in [3.63, 3.8) is 0 Å². The maximum Gasteiger partial charge on any atom is 0.265 e. The van der Waals surface area contributed by atoms with Crippen molar-refractivity contribution in [1.82, 2.24) is 4.57 Å². The van der Waals surface area contributed by atoms with Gasteiger partial charge in [0, 0.05) is 12.4 Å². The van der Waals surface area contributed by atoms with Crippen molar-refractivity contribution in [3.8, 4) is 5.75 Å². The Morgan fingerprint density at radius 3 is 2.58 bits per heavy atom. The van der Waals surface area contributed by atoms with Crippen LogP contribution in [-0.2, 0) is 7.05 Å². The summed E-state index contributed by atoms with van der Waals surface area (Å²) in [5.74, 6) is -1.18. The fraction of sp³-hybridized carbons (Fsp3) is 0.231. The normalized spacial score (nSPS) is 11.2. The van der Waals surface area contributed by atoms with Crippen LogP contribution in [0.2, 0.25) is 0 Å². The molecule has 0 bridgehead atoms. The minimum Gasteiger partial charge on any atom is -0.506 e. The number of aryl methyl sites for hydroxylation is 2. The summed E-state index contributed by atoms with van der Waals surface area (Å²) >= 11 is 11.0. The average Bonchev–Trinajstić information content (AvgIpc) is 2.36. The predicted octanol–water partition coefficient (Wildman–Crippen LogP) is 2.54. The fourth-order valence-corrected chi connectivity index (χ4v) is 2.19. The van der Waals surface area contributed by atoms with Gasteiger partial charge >= 0.3 is 0 Å². The molecular weight excluding hydrogens is 289 g/mol. The van der Waals surface area contributed by atoms with Crippen molar-refractivity contribution in [3.05, 3.63) is 39.7 Å². The first kappa shape index (κ1) is 13.9. The Balaban J connectivity index is 2.94. The van der Waals surface area contributed by atoms with E-state index in [0.29, 0.717) is 10.9 Å². The standard InChI is InChI=1S/C13H11Cl2NO3/c1-6-3-4-8-7(5-6)10(17)9(11(18)12(14)15)13(19)16(8)2/h3-5,12,17H,1-2H3. The van der Waals surface area contributed by atoms with Crippen molar-refractivity contribution in [1.29, 1.82) is 0 Å². The molecule has 1 heterocycles. The zero-order valence-corrected chi connectivity index (χ0v) is 11.8. The number of aromatic nitrogens is 1. The molecule has 1 aromatic heterocycles. The van der Waals surface area contributed by atoms with Crippen molar-refractivity contribution >= 4 is 39.9 Å². The Morgan fingerprint density at radius 1 is 1.37 bits per heavy atom. The van der Waals surface area contributed by atoms with Gasteiger partial charge in [0.15, 0.2) is 4.84 Å². The molecule has 0 unspecified atom stereocenters. The minimum atomic E-state index is -1.39. The van der Waals surface area contributed by atoms with E-state index in [2.05, 4.69) is 0 Å². The van der Waals surface area contributed by atoms with Crippen LogP contribution in [0.3, 0.4) is 0 Å². The quantitative estimate of drug-likeness (QED) is 0.685. The second-order valence-corrected chi connectivity index (χ2v) is 5.37. The lowest BCUT2D eigenvalue weighted by molar-refractivity contribution is 0.100. The molecule has 0 aliphatic rings. The molecule has 0 amide bonds. The fourth-order valence-electron chi connectivity index (χ4n) is 1.98. The van der Waals surface area contributed by atoms with E-state index in [4.69, 9.17) is 23.2 Å². The van der Waals surface area contributed by atoms with Gasteiger partial charge in [0.1, 0.15) is 11.3 Å². The first-order valence-electron chi connectivity index (χ1n) is 5.49. The smallest absolute Gasteiger partial charge is 0.265 e. The summed E-state index contributed by atoms with van der Waals surface area (Å²) in [6, 6.07) is 5.21. The Morgan fingerprint density at radius 2 is 2.00 bits per heavy atom. The molecule has 0 aliphatic heterocycles. The maximum atomic E-state index is 12.1. The van der Waals surface area contributed by atoms with Gasteiger partial charge in [-0.2, -0.15) is 0 Å². The summed E-state index contributed by atoms with van der Waals surface area (Å²) in [5.41, 5.74) is 0.430. The van der Waals surface area contributed by atoms with E-state index in [1.54, 1.807) is 12.1 Å². The molecule has 4 nitrogen and oxygen atoms in total. The van der Waals surface area contributed by atoms with E-state index in [9.17, 15) is 14.7 Å². The lowest BCUT2D eigenvalue weighted by atomic mass is 10.1. The van der Waals surface area contributed by atoms with Gasteiger partial charge in [-0.1, -0.05) is 34.8 Å². The summed E-state index contributed by atoms with van der Waals surface area (Å²) in [4.78, 5) is 22.5. The van der Waals surface area contributed by atoms with Gasteiger partial charge in [-0.05, 0) is 19.1 Å². The molecule has 100 valence electrons. The minimum absolute atomic E-state index is 0.377. The van der Waals surface area contributed by atoms with E-state index >= 15 is 0 Å². The summed E-state index contributed by atoms with van der Waals surface area (Å²) < 4.78 is 1.29. The number of alkyl halides is 2. The third-order valence-electron chi connectivity index (χ3n) is 2.97. The molecule has 0 aliphatic carbocycles. The van der Waals surface area contributed by atoms with Gasteiger partial charge in [0.25, 0.3) is 5.56 Å². The number of benzene rings is 1. The molecule has 0 spiro atoms. The molecule has 0 atom stereocenters. The van der Waals surface area contributed by atoms with Crippen molar-refractivity contribution in [2.24, 2.45) is 7.05 Å². The van der Waals surface area contributed by atoms with Crippen LogP contribution in [0.1, 0.15) is 15.9 Å². The van der Waals surface area contributed by atoms with E-state index in [1.807, 2.05) is 13.0 Å². The molecule has 2 aromatic rings. The summed E-state index contributed by atoms with van der Waals surface area (Å²) in [5, 5.41) is 10.6. The van der Waals surface area contributed by atoms with Crippen LogP contribution in [0, 0.1) is 6.92 Å². The number of rotatable bonds is 2. The number of carbonyl (C=O) groups is 1. The number of pyridine rings is 1. The molecule has 1 aromatic carbocycles. The van der Waals surface area contributed by atoms with Crippen LogP contribution >= 0.6 is 23.2 Å². The Kier molecular flexibility index (Phi) is 3.56. The molecule has 1 N–H and O–H groups in total. The highest BCUT2D eigenvalue weighted by Gasteiger charge is 2.25. The van der Waals surface area contributed by atoms with Gasteiger partial charge in [0.05, 0.1) is 5.52 Å². The lowest BCUT2D eigenvalue weighted by Crippen LogP contribution is -2.27. The van der Waals surface area contributed by atoms with Crippen LogP contribution in [-0.4, -0.2) is 20.3 Å². The molecule has 0 radical (unpaired) electrons. The molecule has 0 fully saturated rings. The van der Waals surface area contributed by atoms with E-state index in [1.165, 1.54) is 11.6 Å². The highest BCUT2D eigenvalue weighted by molar-refractivity contribution is 6.55. The number of aromatic hydroxyl groups is 1. The van der Waals surface area contributed by atoms with Crippen LogP contribution in [0.4, 0.5) is 0 Å². The van der Waals surface area contributed by atoms with Gasteiger partial charge in [0.2, 0.25) is 5.78 Å². The van der Waals surface area contributed by atoms with Crippen molar-refractivity contribution < 1.29 is 9.90 Å². The largest absolute Gasteiger partial charge is 0.506 e. The summed E-state index contributed by atoms with van der Waals surface area (Å²) in [6.07, 6.45) is 0. The third-order valence-corrected chi connectivity index (χ3v) is 3.36. The number of hydrogen-bond acceptors (Lipinski definition) is 3. The average molecular weight is 300 g/mol. The molecular formula is C13H11Cl2NO3. The van der Waals surface area contributed by atoms with Crippen LogP contribution in [0.5, 0.6) is 5.75 Å². The number of Topliss-reactive ketones (excluding diaryl/α,β-unsaturated/α-hetero) is 1. The van der Waals surface area contributed by atoms with Gasteiger partial charge < -0.3 is 9.67 Å². The third kappa shape index (κ3) is 2.22. The molecule has 0 saturated heterocycles. The number of hydrogen-bond donors (Lipinski definition) is 1. The number of nitrogens with zero attached hydrogens (tertiary/aromatic N) is 1. The van der Waals surface area contributed by atoms with E-state index < -0.39 is 16.2 Å². The van der Waals surface area contributed by atoms with Gasteiger partial charge in [-0.3, -0.25) is 9.59 Å². The lowest BCUT2D eigenvalue weighted by Gasteiger charge is -2.12. The summed E-state index contributed by atoms with van der Waals surface area (Å²) in [7, 11) is 1.52. The summed E-state index contributed by atoms with van der Waals surface area (Å²) in [6.45, 7) is 1.84. The highest BCUT2D eigenvalue weighted by Crippen LogP contribution is 2.28. The monoisotopic (exact) mass is 299 g/mol. The zero-order valence-electron chi connectivity index (χ0n) is 10.3. The number of fused-ring (bicyclic) bond motifs is 1. The predicted molar refractivity (Wildman–Crippen MR) is 75.4 cm³/mol. The number of ketones is 1. The van der Waals surface area contributed by atoms with Gasteiger partial charge in [-0.25, -0.2) is 0 Å². The Labute approximate surface area is 119 Å². The molecule has 6 heteroatoms. The Bertz CT molecular complexity index is 735. The van der Waals surface area contributed by atoms with Crippen LogP contribution in [0.25, 0.3) is 10.9 Å². The zero-order chi connectivity index (χ0) is 14.3. The van der Waals surface area contributed by atoms with Crippen molar-refractivity contribution in [2.45, 2.75) is 11.8 Å². The van der Waals surface area contributed by atoms with E-state index in [-0.39, 0.29) is 11.3 Å². The molecule has 19 heavy (non-hydrogen) atoms. The second kappa shape index (κ2) is 4.87. The topological polar surface area (TPSA) is 59.3 Å². The van der Waals surface area contributed by atoms with Crippen LogP contribution in [0.15, 0.2) is 23.0 Å². The molecule has 2 rings (SSSR count). The molecule has 0 saturated carbocycles. The number of carbonyl (C=O) groups excluding carboxylic acids is 1. The van der Waals surface area contributed by atoms with Gasteiger partial charge in [-0.15, -0.1) is 0 Å².